The third-order valence-corrected chi connectivity index (χ3v) is 6.91. The second kappa shape index (κ2) is 9.02. The zero-order valence-corrected chi connectivity index (χ0v) is 19.1. The number of alkyl halides is 4. The molecule has 2 atom stereocenters. The predicted octanol–water partition coefficient (Wildman–Crippen LogP) is 2.48. The number of nitrogens with zero attached hydrogens (tertiary/aromatic N) is 5. The van der Waals surface area contributed by atoms with E-state index in [-0.39, 0.29) is 29.4 Å². The number of nitrogens with one attached hydrogen (secondary N) is 2. The highest BCUT2D eigenvalue weighted by Gasteiger charge is 2.42. The van der Waals surface area contributed by atoms with Gasteiger partial charge in [0.1, 0.15) is 0 Å². The quantitative estimate of drug-likeness (QED) is 0.452. The van der Waals surface area contributed by atoms with Crippen LogP contribution >= 0.6 is 0 Å². The summed E-state index contributed by atoms with van der Waals surface area (Å²) in [5, 5.41) is 13.9. The van der Waals surface area contributed by atoms with Gasteiger partial charge in [-0.15, -0.1) is 5.10 Å². The lowest BCUT2D eigenvalue weighted by atomic mass is 9.95. The Bertz CT molecular complexity index is 1250. The average Bonchev–Trinajstić information content (AvgIpc) is 3.42. The van der Waals surface area contributed by atoms with E-state index in [4.69, 9.17) is 4.74 Å². The first-order chi connectivity index (χ1) is 16.0. The van der Waals surface area contributed by atoms with Crippen molar-refractivity contribution in [2.24, 2.45) is 5.92 Å². The lowest BCUT2D eigenvalue weighted by Crippen LogP contribution is -2.47. The summed E-state index contributed by atoms with van der Waals surface area (Å²) in [7, 11) is -3.30. The van der Waals surface area contributed by atoms with E-state index in [1.54, 1.807) is 12.1 Å². The average molecular weight is 505 g/mol. The monoisotopic (exact) mass is 505 g/mol. The van der Waals surface area contributed by atoms with Gasteiger partial charge < -0.3 is 10.1 Å². The van der Waals surface area contributed by atoms with E-state index >= 15 is 0 Å². The minimum Gasteiger partial charge on any atom is -0.470 e. The number of aromatic nitrogens is 5. The molecule has 1 aliphatic rings. The SMILES string of the molecule is C[C@@H]1CN(S(C)(=O)=O)CC[C@@H]1Nc1nc2ccc(-c3cn[nH]c3)c(OCC(F)(F)C(F)F)n2n1. The summed E-state index contributed by atoms with van der Waals surface area (Å²) in [5.74, 6) is -4.45. The minimum absolute atomic E-state index is 0.0583. The van der Waals surface area contributed by atoms with E-state index in [0.29, 0.717) is 30.6 Å². The molecule has 2 N–H and O–H groups in total. The fourth-order valence-corrected chi connectivity index (χ4v) is 4.70. The minimum atomic E-state index is -4.36. The van der Waals surface area contributed by atoms with Crippen molar-refractivity contribution in [2.45, 2.75) is 31.7 Å². The highest BCUT2D eigenvalue weighted by atomic mass is 32.2. The van der Waals surface area contributed by atoms with Crippen LogP contribution in [0.25, 0.3) is 16.8 Å². The van der Waals surface area contributed by atoms with Gasteiger partial charge in [0.05, 0.1) is 12.5 Å². The van der Waals surface area contributed by atoms with Gasteiger partial charge in [-0.2, -0.15) is 23.4 Å². The molecule has 34 heavy (non-hydrogen) atoms. The number of fused-ring (bicyclic) bond motifs is 1. The Morgan fingerprint density at radius 3 is 2.74 bits per heavy atom. The van der Waals surface area contributed by atoms with Crippen molar-refractivity contribution in [1.82, 2.24) is 29.1 Å². The first-order valence-corrected chi connectivity index (χ1v) is 12.2. The molecule has 1 fully saturated rings. The van der Waals surface area contributed by atoms with Crippen molar-refractivity contribution in [2.75, 3.05) is 31.3 Å². The molecule has 10 nitrogen and oxygen atoms in total. The number of halogens is 4. The standard InChI is InChI=1S/C19H23F4N7O3S/c1-11-9-29(34(2,31)32)6-5-14(11)26-18-27-15-4-3-13(12-7-24-25-8-12)16(30(15)28-18)33-10-19(22,23)17(20)21/h3-4,7-8,11,14,17H,5-6,9-10H2,1-2H3,(H,24,25)(H,26,28)/t11-,14+/m1/s1. The summed E-state index contributed by atoms with van der Waals surface area (Å²) in [4.78, 5) is 4.34. The first-order valence-electron chi connectivity index (χ1n) is 10.3. The highest BCUT2D eigenvalue weighted by Crippen LogP contribution is 2.33. The molecule has 1 saturated heterocycles. The summed E-state index contributed by atoms with van der Waals surface area (Å²) < 4.78 is 83.9. The molecule has 0 amide bonds. The van der Waals surface area contributed by atoms with Crippen molar-refractivity contribution in [3.05, 3.63) is 24.5 Å². The van der Waals surface area contributed by atoms with E-state index in [2.05, 4.69) is 25.6 Å². The molecule has 1 aliphatic heterocycles. The molecular weight excluding hydrogens is 482 g/mol. The van der Waals surface area contributed by atoms with Crippen LogP contribution in [0.2, 0.25) is 0 Å². The van der Waals surface area contributed by atoms with E-state index in [9.17, 15) is 26.0 Å². The zero-order valence-electron chi connectivity index (χ0n) is 18.3. The van der Waals surface area contributed by atoms with E-state index in [1.165, 1.54) is 16.7 Å². The highest BCUT2D eigenvalue weighted by molar-refractivity contribution is 7.88. The normalized spacial score (nSPS) is 20.2. The molecule has 0 aliphatic carbocycles. The first kappa shape index (κ1) is 24.2. The van der Waals surface area contributed by atoms with E-state index < -0.39 is 29.0 Å². The van der Waals surface area contributed by atoms with Gasteiger partial charge in [-0.25, -0.2) is 21.5 Å². The second-order valence-corrected chi connectivity index (χ2v) is 10.2. The third-order valence-electron chi connectivity index (χ3n) is 5.64. The van der Waals surface area contributed by atoms with Gasteiger partial charge in [0, 0.05) is 36.5 Å². The Balaban J connectivity index is 1.63. The lowest BCUT2D eigenvalue weighted by Gasteiger charge is -2.35. The van der Waals surface area contributed by atoms with Crippen molar-refractivity contribution in [1.29, 1.82) is 0 Å². The van der Waals surface area contributed by atoms with Crippen molar-refractivity contribution in [3.63, 3.8) is 0 Å². The molecule has 0 bridgehead atoms. The van der Waals surface area contributed by atoms with Gasteiger partial charge in [0.25, 0.3) is 0 Å². The Morgan fingerprint density at radius 2 is 2.12 bits per heavy atom. The smallest absolute Gasteiger partial charge is 0.340 e. The van der Waals surface area contributed by atoms with Crippen LogP contribution in [0.4, 0.5) is 23.5 Å². The fraction of sp³-hybridized carbons (Fsp3) is 0.526. The summed E-state index contributed by atoms with van der Waals surface area (Å²) in [5.41, 5.74) is 1.02. The number of rotatable bonds is 8. The van der Waals surface area contributed by atoms with Gasteiger partial charge in [0.2, 0.25) is 21.9 Å². The Kier molecular flexibility index (Phi) is 6.42. The summed E-state index contributed by atoms with van der Waals surface area (Å²) >= 11 is 0. The maximum Gasteiger partial charge on any atom is 0.340 e. The second-order valence-electron chi connectivity index (χ2n) is 8.23. The Labute approximate surface area is 192 Å². The molecule has 0 saturated carbocycles. The number of hydrogen-bond donors (Lipinski definition) is 2. The molecule has 4 rings (SSSR count). The van der Waals surface area contributed by atoms with Crippen molar-refractivity contribution >= 4 is 21.6 Å². The number of H-pyrrole nitrogens is 1. The van der Waals surface area contributed by atoms with Crippen LogP contribution in [0.1, 0.15) is 13.3 Å². The Morgan fingerprint density at radius 1 is 1.35 bits per heavy atom. The topological polar surface area (TPSA) is 118 Å². The molecule has 0 radical (unpaired) electrons. The number of anilines is 1. The number of ether oxygens (including phenoxy) is 1. The molecule has 3 aromatic rings. The lowest BCUT2D eigenvalue weighted by molar-refractivity contribution is -0.148. The fourth-order valence-electron chi connectivity index (χ4n) is 3.76. The predicted molar refractivity (Wildman–Crippen MR) is 115 cm³/mol. The molecule has 0 aromatic carbocycles. The molecule has 186 valence electrons. The number of piperidine rings is 1. The Hall–Kier alpha value is -2.94. The molecule has 3 aromatic heterocycles. The molecule has 0 unspecified atom stereocenters. The molecule has 4 heterocycles. The third kappa shape index (κ3) is 4.94. The summed E-state index contributed by atoms with van der Waals surface area (Å²) in [6, 6.07) is 2.98. The maximum atomic E-state index is 13.6. The maximum absolute atomic E-state index is 13.6. The number of aromatic amines is 1. The van der Waals surface area contributed by atoms with Gasteiger partial charge in [-0.3, -0.25) is 5.10 Å². The van der Waals surface area contributed by atoms with Crippen molar-refractivity contribution < 1.29 is 30.7 Å². The van der Waals surface area contributed by atoms with Crippen LogP contribution in [0.15, 0.2) is 24.5 Å². The van der Waals surface area contributed by atoms with Gasteiger partial charge >= 0.3 is 12.3 Å². The van der Waals surface area contributed by atoms with Crippen LogP contribution in [0.3, 0.4) is 0 Å². The van der Waals surface area contributed by atoms with Crippen LogP contribution in [-0.4, -0.2) is 81.9 Å². The number of hydrogen-bond acceptors (Lipinski definition) is 7. The van der Waals surface area contributed by atoms with Crippen molar-refractivity contribution in [3.8, 4) is 17.0 Å². The zero-order chi connectivity index (χ0) is 24.7. The van der Waals surface area contributed by atoms with Crippen LogP contribution in [0, 0.1) is 5.92 Å². The number of sulfonamides is 1. The summed E-state index contributed by atoms with van der Waals surface area (Å²) in [6.45, 7) is 0.989. The van der Waals surface area contributed by atoms with Gasteiger partial charge in [0.15, 0.2) is 12.3 Å². The van der Waals surface area contributed by atoms with Crippen LogP contribution in [0.5, 0.6) is 5.88 Å². The molecule has 15 heteroatoms. The van der Waals surface area contributed by atoms with E-state index in [1.807, 2.05) is 6.92 Å². The van der Waals surface area contributed by atoms with E-state index in [0.717, 1.165) is 10.8 Å². The molecular formula is C19H23F4N7O3S. The van der Waals surface area contributed by atoms with Crippen LogP contribution in [-0.2, 0) is 10.0 Å². The van der Waals surface area contributed by atoms with Crippen LogP contribution < -0.4 is 10.1 Å². The largest absolute Gasteiger partial charge is 0.470 e. The van der Waals surface area contributed by atoms with Gasteiger partial charge in [-0.05, 0) is 24.5 Å². The van der Waals surface area contributed by atoms with Gasteiger partial charge in [-0.1, -0.05) is 6.92 Å². The number of pyridine rings is 1. The summed E-state index contributed by atoms with van der Waals surface area (Å²) in [6.07, 6.45) is 0.692. The molecule has 0 spiro atoms.